The minimum atomic E-state index is -3.97. The summed E-state index contributed by atoms with van der Waals surface area (Å²) in [5, 5.41) is 5.78. The van der Waals surface area contributed by atoms with Crippen molar-refractivity contribution in [3.05, 3.63) is 47.0 Å². The number of halogens is 1. The average molecular weight is 464 g/mol. The lowest BCUT2D eigenvalue weighted by Crippen LogP contribution is -2.43. The van der Waals surface area contributed by atoms with Gasteiger partial charge in [-0.05, 0) is 62.6 Å². The second-order valence-electron chi connectivity index (χ2n) is 7.65. The Kier molecular flexibility index (Phi) is 5.67. The molecule has 164 valence electrons. The SMILES string of the molecule is Cc1ccc(NC(=O)[C@@H]2CCCN2S(=O)(=O)c2ccc3c(c2)NC(=O)[C@H](C)O3)c(Cl)c1. The lowest BCUT2D eigenvalue weighted by atomic mass is 10.2. The Hall–Kier alpha value is -2.62. The van der Waals surface area contributed by atoms with Gasteiger partial charge < -0.3 is 15.4 Å². The molecule has 10 heteroatoms. The first kappa shape index (κ1) is 21.6. The third-order valence-corrected chi connectivity index (χ3v) is 7.59. The summed E-state index contributed by atoms with van der Waals surface area (Å²) in [5.74, 6) is -0.388. The highest BCUT2D eigenvalue weighted by molar-refractivity contribution is 7.89. The smallest absolute Gasteiger partial charge is 0.265 e. The molecule has 1 saturated heterocycles. The molecule has 2 amide bonds. The molecule has 0 aromatic heterocycles. The van der Waals surface area contributed by atoms with Gasteiger partial charge in [0.1, 0.15) is 11.8 Å². The topological polar surface area (TPSA) is 105 Å². The molecule has 2 aliphatic rings. The van der Waals surface area contributed by atoms with E-state index in [0.29, 0.717) is 29.3 Å². The predicted octanol–water partition coefficient (Wildman–Crippen LogP) is 3.16. The van der Waals surface area contributed by atoms with Crippen LogP contribution in [0.5, 0.6) is 5.75 Å². The third kappa shape index (κ3) is 4.13. The number of rotatable bonds is 4. The normalized spacial score (nSPS) is 21.2. The van der Waals surface area contributed by atoms with E-state index in [-0.39, 0.29) is 23.0 Å². The number of aryl methyl sites for hydroxylation is 1. The summed E-state index contributed by atoms with van der Waals surface area (Å²) in [5.41, 5.74) is 1.67. The Morgan fingerprint density at radius 2 is 2.03 bits per heavy atom. The quantitative estimate of drug-likeness (QED) is 0.724. The molecule has 1 fully saturated rings. The molecule has 8 nitrogen and oxygen atoms in total. The molecule has 0 spiro atoms. The second-order valence-corrected chi connectivity index (χ2v) is 9.95. The summed E-state index contributed by atoms with van der Waals surface area (Å²) in [7, 11) is -3.97. The number of carbonyl (C=O) groups excluding carboxylic acids is 2. The maximum atomic E-state index is 13.3. The van der Waals surface area contributed by atoms with E-state index in [2.05, 4.69) is 10.6 Å². The second kappa shape index (κ2) is 8.14. The highest BCUT2D eigenvalue weighted by atomic mass is 35.5. The average Bonchev–Trinajstić information content (AvgIpc) is 3.21. The highest BCUT2D eigenvalue weighted by Crippen LogP contribution is 2.35. The number of hydrogen-bond acceptors (Lipinski definition) is 5. The van der Waals surface area contributed by atoms with E-state index in [9.17, 15) is 18.0 Å². The molecule has 2 aromatic rings. The van der Waals surface area contributed by atoms with Crippen LogP contribution < -0.4 is 15.4 Å². The minimum Gasteiger partial charge on any atom is -0.479 e. The van der Waals surface area contributed by atoms with Crippen molar-refractivity contribution in [2.75, 3.05) is 17.2 Å². The molecule has 2 aromatic carbocycles. The Morgan fingerprint density at radius 3 is 2.77 bits per heavy atom. The molecule has 4 rings (SSSR count). The summed E-state index contributed by atoms with van der Waals surface area (Å²) >= 11 is 6.20. The fraction of sp³-hybridized carbons (Fsp3) is 0.333. The molecule has 2 heterocycles. The van der Waals surface area contributed by atoms with Crippen LogP contribution in [0.25, 0.3) is 0 Å². The molecule has 0 radical (unpaired) electrons. The standard InChI is InChI=1S/C21H22ClN3O5S/c1-12-5-7-16(15(22)10-12)23-21(27)18-4-3-9-25(18)31(28,29)14-6-8-19-17(11-14)24-20(26)13(2)30-19/h5-8,10-11,13,18H,3-4,9H2,1-2H3,(H,23,27)(H,24,26)/t13-,18-/m0/s1. The van der Waals surface area contributed by atoms with Gasteiger partial charge in [-0.25, -0.2) is 8.42 Å². The van der Waals surface area contributed by atoms with Gasteiger partial charge >= 0.3 is 0 Å². The van der Waals surface area contributed by atoms with Crippen molar-refractivity contribution < 1.29 is 22.7 Å². The van der Waals surface area contributed by atoms with Gasteiger partial charge in [-0.3, -0.25) is 9.59 Å². The van der Waals surface area contributed by atoms with Crippen molar-refractivity contribution in [2.45, 2.75) is 43.7 Å². The number of amides is 2. The van der Waals surface area contributed by atoms with Gasteiger partial charge in [0.05, 0.1) is 21.3 Å². The summed E-state index contributed by atoms with van der Waals surface area (Å²) in [4.78, 5) is 24.8. The zero-order valence-corrected chi connectivity index (χ0v) is 18.6. The van der Waals surface area contributed by atoms with E-state index in [1.54, 1.807) is 19.1 Å². The monoisotopic (exact) mass is 463 g/mol. The van der Waals surface area contributed by atoms with E-state index in [4.69, 9.17) is 16.3 Å². The van der Waals surface area contributed by atoms with E-state index >= 15 is 0 Å². The van der Waals surface area contributed by atoms with E-state index in [0.717, 1.165) is 5.56 Å². The van der Waals surface area contributed by atoms with E-state index < -0.39 is 28.1 Å². The number of carbonyl (C=O) groups is 2. The molecule has 2 aliphatic heterocycles. The Morgan fingerprint density at radius 1 is 1.26 bits per heavy atom. The summed E-state index contributed by atoms with van der Waals surface area (Å²) in [6.45, 7) is 3.71. The van der Waals surface area contributed by atoms with Crippen molar-refractivity contribution in [2.24, 2.45) is 0 Å². The fourth-order valence-electron chi connectivity index (χ4n) is 3.71. The molecule has 2 atom stereocenters. The number of sulfonamides is 1. The van der Waals surface area contributed by atoms with Gasteiger partial charge in [-0.15, -0.1) is 0 Å². The lowest BCUT2D eigenvalue weighted by molar-refractivity contribution is -0.122. The summed E-state index contributed by atoms with van der Waals surface area (Å²) in [6.07, 6.45) is 0.299. The van der Waals surface area contributed by atoms with Gasteiger partial charge in [0, 0.05) is 6.54 Å². The molecule has 31 heavy (non-hydrogen) atoms. The molecule has 0 aliphatic carbocycles. The molecule has 0 saturated carbocycles. The summed E-state index contributed by atoms with van der Waals surface area (Å²) in [6, 6.07) is 8.66. The van der Waals surface area contributed by atoms with Crippen molar-refractivity contribution >= 4 is 44.8 Å². The molecular formula is C21H22ClN3O5S. The first-order chi connectivity index (χ1) is 14.7. The number of anilines is 2. The number of fused-ring (bicyclic) bond motifs is 1. The molecule has 0 unspecified atom stereocenters. The van der Waals surface area contributed by atoms with Crippen LogP contribution >= 0.6 is 11.6 Å². The Bertz CT molecular complexity index is 1170. The highest BCUT2D eigenvalue weighted by Gasteiger charge is 2.40. The Balaban J connectivity index is 1.58. The molecular weight excluding hydrogens is 442 g/mol. The van der Waals surface area contributed by atoms with E-state index in [1.165, 1.54) is 22.5 Å². The van der Waals surface area contributed by atoms with Gasteiger partial charge in [-0.2, -0.15) is 4.31 Å². The van der Waals surface area contributed by atoms with Crippen molar-refractivity contribution in [3.63, 3.8) is 0 Å². The van der Waals surface area contributed by atoms with Crippen LogP contribution in [0.2, 0.25) is 5.02 Å². The van der Waals surface area contributed by atoms with Gasteiger partial charge in [0.2, 0.25) is 15.9 Å². The van der Waals surface area contributed by atoms with E-state index in [1.807, 2.05) is 13.0 Å². The van der Waals surface area contributed by atoms with Crippen molar-refractivity contribution in [1.82, 2.24) is 4.31 Å². The van der Waals surface area contributed by atoms with Gasteiger partial charge in [0.25, 0.3) is 5.91 Å². The number of benzene rings is 2. The predicted molar refractivity (Wildman–Crippen MR) is 117 cm³/mol. The minimum absolute atomic E-state index is 0.0160. The maximum absolute atomic E-state index is 13.3. The fourth-order valence-corrected chi connectivity index (χ4v) is 5.68. The first-order valence-corrected chi connectivity index (χ1v) is 11.7. The van der Waals surface area contributed by atoms with Gasteiger partial charge in [-0.1, -0.05) is 17.7 Å². The van der Waals surface area contributed by atoms with Crippen LogP contribution in [0.1, 0.15) is 25.3 Å². The number of ether oxygens (including phenoxy) is 1. The number of nitrogens with one attached hydrogen (secondary N) is 2. The Labute approximate surface area is 185 Å². The van der Waals surface area contributed by atoms with Crippen LogP contribution in [0.3, 0.4) is 0 Å². The van der Waals surface area contributed by atoms with Crippen LogP contribution in [0, 0.1) is 6.92 Å². The van der Waals surface area contributed by atoms with Crippen molar-refractivity contribution in [1.29, 1.82) is 0 Å². The zero-order chi connectivity index (χ0) is 22.3. The first-order valence-electron chi connectivity index (χ1n) is 9.87. The van der Waals surface area contributed by atoms with Crippen molar-refractivity contribution in [3.8, 4) is 5.75 Å². The number of hydrogen-bond donors (Lipinski definition) is 2. The van der Waals surface area contributed by atoms with Crippen LogP contribution in [-0.4, -0.2) is 43.2 Å². The zero-order valence-electron chi connectivity index (χ0n) is 17.0. The third-order valence-electron chi connectivity index (χ3n) is 5.38. The largest absolute Gasteiger partial charge is 0.479 e. The van der Waals surface area contributed by atoms with Crippen LogP contribution in [-0.2, 0) is 19.6 Å². The number of nitrogens with zero attached hydrogens (tertiary/aromatic N) is 1. The van der Waals surface area contributed by atoms with Gasteiger partial charge in [0.15, 0.2) is 6.10 Å². The maximum Gasteiger partial charge on any atom is 0.265 e. The molecule has 2 N–H and O–H groups in total. The lowest BCUT2D eigenvalue weighted by Gasteiger charge is -2.26. The van der Waals surface area contributed by atoms with Crippen LogP contribution in [0.4, 0.5) is 11.4 Å². The molecule has 0 bridgehead atoms. The summed E-state index contributed by atoms with van der Waals surface area (Å²) < 4.78 is 33.3. The van der Waals surface area contributed by atoms with Crippen LogP contribution in [0.15, 0.2) is 41.3 Å².